The van der Waals surface area contributed by atoms with Crippen molar-refractivity contribution in [3.8, 4) is 5.75 Å². The molecule has 0 aliphatic heterocycles. The lowest BCUT2D eigenvalue weighted by molar-refractivity contribution is -0.118. The van der Waals surface area contributed by atoms with Crippen molar-refractivity contribution in [1.29, 1.82) is 0 Å². The Morgan fingerprint density at radius 2 is 1.71 bits per heavy atom. The molecule has 0 spiro atoms. The molecular formula is C14H9Cl2F2NO2. The fraction of sp³-hybridized carbons (Fsp3) is 0.0714. The Morgan fingerprint density at radius 3 is 2.38 bits per heavy atom. The summed E-state index contributed by atoms with van der Waals surface area (Å²) in [6, 6.07) is 7.94. The molecule has 0 saturated heterocycles. The van der Waals surface area contributed by atoms with Crippen molar-refractivity contribution in [3.63, 3.8) is 0 Å². The van der Waals surface area contributed by atoms with E-state index in [2.05, 4.69) is 5.32 Å². The molecule has 21 heavy (non-hydrogen) atoms. The highest BCUT2D eigenvalue weighted by Gasteiger charge is 2.13. The lowest BCUT2D eigenvalue weighted by Crippen LogP contribution is -2.21. The Morgan fingerprint density at radius 1 is 1.10 bits per heavy atom. The Kier molecular flexibility index (Phi) is 4.98. The van der Waals surface area contributed by atoms with Crippen LogP contribution in [-0.2, 0) is 4.79 Å². The van der Waals surface area contributed by atoms with Crippen molar-refractivity contribution >= 4 is 34.8 Å². The fourth-order valence-corrected chi connectivity index (χ4v) is 1.88. The van der Waals surface area contributed by atoms with Gasteiger partial charge in [-0.05, 0) is 24.3 Å². The van der Waals surface area contributed by atoms with E-state index in [4.69, 9.17) is 27.9 Å². The summed E-state index contributed by atoms with van der Waals surface area (Å²) in [5.74, 6) is -2.27. The summed E-state index contributed by atoms with van der Waals surface area (Å²) < 4.78 is 31.9. The van der Waals surface area contributed by atoms with E-state index in [9.17, 15) is 13.6 Å². The molecule has 0 aliphatic rings. The van der Waals surface area contributed by atoms with E-state index in [1.165, 1.54) is 12.1 Å². The van der Waals surface area contributed by atoms with Crippen molar-refractivity contribution < 1.29 is 18.3 Å². The van der Waals surface area contributed by atoms with Crippen LogP contribution in [0.15, 0.2) is 36.4 Å². The van der Waals surface area contributed by atoms with Crippen LogP contribution in [0, 0.1) is 11.6 Å². The van der Waals surface area contributed by atoms with Gasteiger partial charge in [0.1, 0.15) is 28.1 Å². The van der Waals surface area contributed by atoms with Crippen LogP contribution in [-0.4, -0.2) is 12.5 Å². The van der Waals surface area contributed by atoms with Gasteiger partial charge in [-0.3, -0.25) is 4.79 Å². The molecule has 0 heterocycles. The molecule has 0 atom stereocenters. The van der Waals surface area contributed by atoms with E-state index in [0.29, 0.717) is 0 Å². The van der Waals surface area contributed by atoms with Crippen LogP contribution < -0.4 is 10.1 Å². The third-order valence-corrected chi connectivity index (χ3v) is 3.30. The number of amides is 1. The maximum Gasteiger partial charge on any atom is 0.262 e. The molecule has 0 unspecified atom stereocenters. The number of carbonyl (C=O) groups excluding carboxylic acids is 1. The zero-order valence-corrected chi connectivity index (χ0v) is 12.0. The number of hydrogen-bond donors (Lipinski definition) is 1. The van der Waals surface area contributed by atoms with Crippen LogP contribution in [0.5, 0.6) is 5.75 Å². The van der Waals surface area contributed by atoms with Gasteiger partial charge in [0.15, 0.2) is 6.61 Å². The molecule has 7 heteroatoms. The van der Waals surface area contributed by atoms with Crippen molar-refractivity contribution in [2.24, 2.45) is 0 Å². The lowest BCUT2D eigenvalue weighted by Gasteiger charge is -2.10. The average Bonchev–Trinajstić information content (AvgIpc) is 2.45. The third-order valence-electron chi connectivity index (χ3n) is 2.50. The van der Waals surface area contributed by atoms with Gasteiger partial charge in [-0.25, -0.2) is 8.78 Å². The minimum atomic E-state index is -0.871. The Hall–Kier alpha value is -1.85. The lowest BCUT2D eigenvalue weighted by atomic mass is 10.3. The minimum Gasteiger partial charge on any atom is -0.482 e. The molecule has 0 aliphatic carbocycles. The molecule has 0 aromatic heterocycles. The summed E-state index contributed by atoms with van der Waals surface area (Å²) in [5.41, 5.74) is -0.525. The van der Waals surface area contributed by atoms with Gasteiger partial charge in [0.25, 0.3) is 5.91 Å². The second-order valence-corrected chi connectivity index (χ2v) is 4.77. The molecule has 0 saturated carbocycles. The van der Waals surface area contributed by atoms with Gasteiger partial charge in [-0.1, -0.05) is 35.3 Å². The number of carbonyl (C=O) groups is 1. The zero-order valence-electron chi connectivity index (χ0n) is 10.5. The summed E-state index contributed by atoms with van der Waals surface area (Å²) in [7, 11) is 0. The smallest absolute Gasteiger partial charge is 0.262 e. The van der Waals surface area contributed by atoms with Crippen molar-refractivity contribution in [3.05, 3.63) is 58.1 Å². The van der Waals surface area contributed by atoms with Crippen LogP contribution in [0.4, 0.5) is 14.5 Å². The summed E-state index contributed by atoms with van der Waals surface area (Å²) in [6.45, 7) is -0.464. The number of nitrogens with one attached hydrogen (secondary N) is 1. The maximum atomic E-state index is 13.4. The Labute approximate surface area is 129 Å². The molecule has 110 valence electrons. The van der Waals surface area contributed by atoms with E-state index in [-0.39, 0.29) is 15.8 Å². The minimum absolute atomic E-state index is 0.157. The third kappa shape index (κ3) is 3.83. The van der Waals surface area contributed by atoms with Gasteiger partial charge >= 0.3 is 0 Å². The molecule has 2 aromatic carbocycles. The fourth-order valence-electron chi connectivity index (χ4n) is 1.53. The SMILES string of the molecule is O=C(COc1cccc(Cl)c1Cl)Nc1c(F)cccc1F. The second-order valence-electron chi connectivity index (χ2n) is 3.99. The molecule has 2 aromatic rings. The predicted molar refractivity (Wildman–Crippen MR) is 76.9 cm³/mol. The molecule has 2 rings (SSSR count). The van der Waals surface area contributed by atoms with Crippen LogP contribution in [0.25, 0.3) is 0 Å². The number of para-hydroxylation sites is 1. The normalized spacial score (nSPS) is 10.3. The summed E-state index contributed by atoms with van der Waals surface area (Å²) in [6.07, 6.45) is 0. The van der Waals surface area contributed by atoms with E-state index >= 15 is 0 Å². The predicted octanol–water partition coefficient (Wildman–Crippen LogP) is 4.29. The van der Waals surface area contributed by atoms with Crippen molar-refractivity contribution in [2.45, 2.75) is 0 Å². The van der Waals surface area contributed by atoms with Crippen molar-refractivity contribution in [2.75, 3.05) is 11.9 Å². The molecule has 3 nitrogen and oxygen atoms in total. The number of anilines is 1. The monoisotopic (exact) mass is 331 g/mol. The summed E-state index contributed by atoms with van der Waals surface area (Å²) in [4.78, 5) is 11.6. The highest BCUT2D eigenvalue weighted by atomic mass is 35.5. The second kappa shape index (κ2) is 6.74. The van der Waals surface area contributed by atoms with Crippen molar-refractivity contribution in [1.82, 2.24) is 0 Å². The number of ether oxygens (including phenoxy) is 1. The number of halogens is 4. The van der Waals surface area contributed by atoms with E-state index in [1.54, 1.807) is 12.1 Å². The maximum absolute atomic E-state index is 13.4. The quantitative estimate of drug-likeness (QED) is 0.907. The zero-order chi connectivity index (χ0) is 15.4. The Balaban J connectivity index is 2.01. The van der Waals surface area contributed by atoms with E-state index in [1.807, 2.05) is 0 Å². The molecule has 0 radical (unpaired) electrons. The topological polar surface area (TPSA) is 38.3 Å². The largest absolute Gasteiger partial charge is 0.482 e. The van der Waals surface area contributed by atoms with Crippen LogP contribution in [0.2, 0.25) is 10.0 Å². The van der Waals surface area contributed by atoms with Gasteiger partial charge < -0.3 is 10.1 Å². The number of hydrogen-bond acceptors (Lipinski definition) is 2. The van der Waals surface area contributed by atoms with Gasteiger partial charge in [-0.15, -0.1) is 0 Å². The number of rotatable bonds is 4. The van der Waals surface area contributed by atoms with Gasteiger partial charge in [-0.2, -0.15) is 0 Å². The molecule has 1 amide bonds. The number of benzene rings is 2. The highest BCUT2D eigenvalue weighted by Crippen LogP contribution is 2.31. The van der Waals surface area contributed by atoms with Gasteiger partial charge in [0.05, 0.1) is 5.02 Å². The van der Waals surface area contributed by atoms with E-state index < -0.39 is 29.8 Å². The van der Waals surface area contributed by atoms with Crippen LogP contribution >= 0.6 is 23.2 Å². The highest BCUT2D eigenvalue weighted by molar-refractivity contribution is 6.42. The average molecular weight is 332 g/mol. The first-order valence-electron chi connectivity index (χ1n) is 5.79. The molecule has 1 N–H and O–H groups in total. The standard InChI is InChI=1S/C14H9Cl2F2NO2/c15-8-3-1-6-11(13(8)16)21-7-12(20)19-14-9(17)4-2-5-10(14)18/h1-6H,7H2,(H,19,20). The summed E-state index contributed by atoms with van der Waals surface area (Å²) >= 11 is 11.7. The van der Waals surface area contributed by atoms with E-state index in [0.717, 1.165) is 12.1 Å². The van der Waals surface area contributed by atoms with Crippen LogP contribution in [0.1, 0.15) is 0 Å². The first-order valence-corrected chi connectivity index (χ1v) is 6.55. The molecular weight excluding hydrogens is 323 g/mol. The molecule has 0 bridgehead atoms. The first-order chi connectivity index (χ1) is 9.99. The first kappa shape index (κ1) is 15.5. The molecule has 0 fully saturated rings. The summed E-state index contributed by atoms with van der Waals surface area (Å²) in [5, 5.41) is 2.52. The van der Waals surface area contributed by atoms with Crippen LogP contribution in [0.3, 0.4) is 0 Å². The van der Waals surface area contributed by atoms with Gasteiger partial charge in [0.2, 0.25) is 0 Å². The van der Waals surface area contributed by atoms with Gasteiger partial charge in [0, 0.05) is 0 Å². The Bertz CT molecular complexity index is 660.